The third-order valence-electron chi connectivity index (χ3n) is 3.18. The van der Waals surface area contributed by atoms with Crippen LogP contribution in [0.15, 0.2) is 24.3 Å². The topological polar surface area (TPSA) is 44.5 Å². The van der Waals surface area contributed by atoms with E-state index in [0.29, 0.717) is 19.8 Å². The average Bonchev–Trinajstić information content (AvgIpc) is 2.47. The van der Waals surface area contributed by atoms with E-state index in [9.17, 15) is 0 Å². The molecule has 102 valence electrons. The van der Waals surface area contributed by atoms with Crippen molar-refractivity contribution in [1.29, 1.82) is 0 Å². The van der Waals surface area contributed by atoms with Gasteiger partial charge < -0.3 is 15.2 Å². The lowest BCUT2D eigenvalue weighted by Crippen LogP contribution is -2.24. The molecule has 1 heterocycles. The second-order valence-electron chi connectivity index (χ2n) is 4.67. The highest BCUT2D eigenvalue weighted by molar-refractivity contribution is 5.41. The highest BCUT2D eigenvalue weighted by Crippen LogP contribution is 2.14. The van der Waals surface area contributed by atoms with Gasteiger partial charge in [0.1, 0.15) is 0 Å². The molecule has 0 amide bonds. The third kappa shape index (κ3) is 4.68. The van der Waals surface area contributed by atoms with Crippen molar-refractivity contribution in [2.24, 2.45) is 5.73 Å². The maximum Gasteiger partial charge on any atom is 0.0808 e. The summed E-state index contributed by atoms with van der Waals surface area (Å²) < 4.78 is 11.4. The molecule has 0 aliphatic carbocycles. The minimum absolute atomic E-state index is 0.260. The summed E-state index contributed by atoms with van der Waals surface area (Å²) in [6, 6.07) is 8.03. The molecule has 0 saturated carbocycles. The van der Waals surface area contributed by atoms with E-state index >= 15 is 0 Å². The first kappa shape index (κ1) is 14.1. The Hall–Kier alpha value is -1.34. The molecule has 1 aliphatic rings. The summed E-state index contributed by atoms with van der Waals surface area (Å²) in [5.74, 6) is 5.96. The Balaban J connectivity index is 1.84. The van der Waals surface area contributed by atoms with Gasteiger partial charge in [0.2, 0.25) is 0 Å². The Morgan fingerprint density at radius 3 is 3.00 bits per heavy atom. The van der Waals surface area contributed by atoms with Gasteiger partial charge in [0.05, 0.1) is 25.9 Å². The van der Waals surface area contributed by atoms with Crippen LogP contribution in [0.25, 0.3) is 0 Å². The molecule has 0 bridgehead atoms. The van der Waals surface area contributed by atoms with Crippen molar-refractivity contribution < 1.29 is 9.47 Å². The normalized spacial score (nSPS) is 18.7. The number of hydrogen-bond acceptors (Lipinski definition) is 3. The summed E-state index contributed by atoms with van der Waals surface area (Å²) in [7, 11) is 0. The van der Waals surface area contributed by atoms with Crippen LogP contribution in [0.3, 0.4) is 0 Å². The van der Waals surface area contributed by atoms with E-state index in [1.807, 2.05) is 24.3 Å². The molecule has 1 aromatic carbocycles. The van der Waals surface area contributed by atoms with E-state index in [4.69, 9.17) is 15.2 Å². The van der Waals surface area contributed by atoms with E-state index in [0.717, 1.165) is 24.2 Å². The van der Waals surface area contributed by atoms with Crippen molar-refractivity contribution in [3.63, 3.8) is 0 Å². The number of benzene rings is 1. The molecule has 1 saturated heterocycles. The summed E-state index contributed by atoms with van der Waals surface area (Å²) in [4.78, 5) is 0. The molecule has 1 aliphatic heterocycles. The Morgan fingerprint density at radius 1 is 1.32 bits per heavy atom. The standard InChI is InChI=1S/C16H21NO2/c17-10-5-8-14-6-1-2-7-15(14)12-18-13-16-9-3-4-11-19-16/h1-2,6-7,16H,3-4,9-13,17H2. The van der Waals surface area contributed by atoms with Crippen molar-refractivity contribution >= 4 is 0 Å². The van der Waals surface area contributed by atoms with Crippen LogP contribution in [0, 0.1) is 11.8 Å². The van der Waals surface area contributed by atoms with Crippen LogP contribution in [0.4, 0.5) is 0 Å². The van der Waals surface area contributed by atoms with Crippen molar-refractivity contribution in [2.75, 3.05) is 19.8 Å². The first-order chi connectivity index (χ1) is 9.40. The lowest BCUT2D eigenvalue weighted by molar-refractivity contribution is -0.0447. The SMILES string of the molecule is NCC#Cc1ccccc1COCC1CCCCO1. The fourth-order valence-corrected chi connectivity index (χ4v) is 2.15. The second-order valence-corrected chi connectivity index (χ2v) is 4.67. The zero-order valence-corrected chi connectivity index (χ0v) is 11.2. The Morgan fingerprint density at radius 2 is 2.21 bits per heavy atom. The van der Waals surface area contributed by atoms with Gasteiger partial charge in [-0.25, -0.2) is 0 Å². The molecule has 0 spiro atoms. The zero-order chi connectivity index (χ0) is 13.3. The van der Waals surface area contributed by atoms with Crippen LogP contribution in [0.5, 0.6) is 0 Å². The first-order valence-corrected chi connectivity index (χ1v) is 6.86. The fraction of sp³-hybridized carbons (Fsp3) is 0.500. The summed E-state index contributed by atoms with van der Waals surface area (Å²) in [5, 5.41) is 0. The predicted octanol–water partition coefficient (Wildman–Crippen LogP) is 2.08. The summed E-state index contributed by atoms with van der Waals surface area (Å²) in [6.07, 6.45) is 3.78. The molecule has 2 rings (SSSR count). The lowest BCUT2D eigenvalue weighted by atomic mass is 10.1. The first-order valence-electron chi connectivity index (χ1n) is 6.86. The largest absolute Gasteiger partial charge is 0.376 e. The van der Waals surface area contributed by atoms with Crippen molar-refractivity contribution in [3.05, 3.63) is 35.4 Å². The van der Waals surface area contributed by atoms with Crippen LogP contribution < -0.4 is 5.73 Å². The van der Waals surface area contributed by atoms with Gasteiger partial charge in [-0.1, -0.05) is 30.0 Å². The van der Waals surface area contributed by atoms with E-state index < -0.39 is 0 Å². The molecule has 19 heavy (non-hydrogen) atoms. The minimum Gasteiger partial charge on any atom is -0.376 e. The second kappa shape index (κ2) is 7.96. The van der Waals surface area contributed by atoms with Gasteiger partial charge in [-0.05, 0) is 30.9 Å². The molecule has 0 aromatic heterocycles. The monoisotopic (exact) mass is 259 g/mol. The van der Waals surface area contributed by atoms with Gasteiger partial charge in [-0.2, -0.15) is 0 Å². The van der Waals surface area contributed by atoms with Gasteiger partial charge in [0.15, 0.2) is 0 Å². The Labute approximate surface area is 115 Å². The van der Waals surface area contributed by atoms with Gasteiger partial charge in [-0.15, -0.1) is 0 Å². The van der Waals surface area contributed by atoms with E-state index in [-0.39, 0.29) is 6.10 Å². The number of rotatable bonds is 4. The van der Waals surface area contributed by atoms with Gasteiger partial charge in [0, 0.05) is 12.2 Å². The molecule has 3 nitrogen and oxygen atoms in total. The average molecular weight is 259 g/mol. The third-order valence-corrected chi connectivity index (χ3v) is 3.18. The molecular formula is C16H21NO2. The van der Waals surface area contributed by atoms with Gasteiger partial charge in [0.25, 0.3) is 0 Å². The van der Waals surface area contributed by atoms with Crippen LogP contribution in [0.1, 0.15) is 30.4 Å². The number of nitrogens with two attached hydrogens (primary N) is 1. The smallest absolute Gasteiger partial charge is 0.0808 e. The molecule has 3 heteroatoms. The van der Waals surface area contributed by atoms with Crippen molar-refractivity contribution in [2.45, 2.75) is 32.0 Å². The molecule has 1 fully saturated rings. The quantitative estimate of drug-likeness (QED) is 0.842. The minimum atomic E-state index is 0.260. The maximum absolute atomic E-state index is 5.76. The maximum atomic E-state index is 5.76. The van der Waals surface area contributed by atoms with Crippen LogP contribution >= 0.6 is 0 Å². The highest BCUT2D eigenvalue weighted by Gasteiger charge is 2.13. The summed E-state index contributed by atoms with van der Waals surface area (Å²) in [6.45, 7) is 2.49. The zero-order valence-electron chi connectivity index (χ0n) is 11.2. The molecule has 1 atom stereocenters. The van der Waals surface area contributed by atoms with E-state index in [2.05, 4.69) is 11.8 Å². The van der Waals surface area contributed by atoms with E-state index in [1.165, 1.54) is 12.8 Å². The molecule has 1 aromatic rings. The number of hydrogen-bond donors (Lipinski definition) is 1. The Bertz CT molecular complexity index is 442. The Kier molecular flexibility index (Phi) is 5.90. The van der Waals surface area contributed by atoms with Gasteiger partial charge >= 0.3 is 0 Å². The molecule has 0 radical (unpaired) electrons. The van der Waals surface area contributed by atoms with Crippen LogP contribution in [-0.4, -0.2) is 25.9 Å². The summed E-state index contributed by atoms with van der Waals surface area (Å²) in [5.41, 5.74) is 7.51. The van der Waals surface area contributed by atoms with Crippen molar-refractivity contribution in [1.82, 2.24) is 0 Å². The predicted molar refractivity (Wildman–Crippen MR) is 75.6 cm³/mol. The molecular weight excluding hydrogens is 238 g/mol. The van der Waals surface area contributed by atoms with Crippen LogP contribution in [-0.2, 0) is 16.1 Å². The van der Waals surface area contributed by atoms with E-state index in [1.54, 1.807) is 0 Å². The van der Waals surface area contributed by atoms with Crippen LogP contribution in [0.2, 0.25) is 0 Å². The summed E-state index contributed by atoms with van der Waals surface area (Å²) >= 11 is 0. The molecule has 1 unspecified atom stereocenters. The highest BCUT2D eigenvalue weighted by atomic mass is 16.5. The number of ether oxygens (including phenoxy) is 2. The van der Waals surface area contributed by atoms with Gasteiger partial charge in [-0.3, -0.25) is 0 Å². The molecule has 2 N–H and O–H groups in total. The fourth-order valence-electron chi connectivity index (χ4n) is 2.15. The lowest BCUT2D eigenvalue weighted by Gasteiger charge is -2.22. The van der Waals surface area contributed by atoms with Crippen molar-refractivity contribution in [3.8, 4) is 11.8 Å².